The molecular formula is C48H53F5N8O7S2. The average molecular weight is 1010 g/mol. The maximum atomic E-state index is 15.4. The van der Waals surface area contributed by atoms with Gasteiger partial charge in [-0.3, -0.25) is 24.1 Å². The third-order valence-corrected chi connectivity index (χ3v) is 13.0. The van der Waals surface area contributed by atoms with Gasteiger partial charge in [0.25, 0.3) is 11.8 Å². The SMILES string of the molecule is Cc1ncsc1-c1ccc(CNC(=O)C2CCCN2C(=O)C(NC(=O)COCCOCCCCOc2ncc(N3C(=S)N(c4ccc(C#N)c(C(F)(F)F)c4F)C(=O)C3(C)C)cc2F)C(C)(C)C)cc1. The number of thiazole rings is 1. The van der Waals surface area contributed by atoms with Crippen LogP contribution in [-0.2, 0) is 41.4 Å². The molecule has 2 aliphatic rings. The van der Waals surface area contributed by atoms with Crippen LogP contribution in [0.2, 0.25) is 0 Å². The molecule has 2 aromatic heterocycles. The number of nitrogens with zero attached hydrogens (tertiary/aromatic N) is 6. The number of hydrogen-bond donors (Lipinski definition) is 2. The molecule has 2 aliphatic heterocycles. The van der Waals surface area contributed by atoms with Gasteiger partial charge in [-0.2, -0.15) is 18.4 Å². The Hall–Kier alpha value is -6.15. The van der Waals surface area contributed by atoms with Crippen LogP contribution in [0, 0.1) is 35.3 Å². The molecule has 0 aliphatic carbocycles. The first-order valence-corrected chi connectivity index (χ1v) is 23.6. The maximum Gasteiger partial charge on any atom is 0.420 e. The Balaban J connectivity index is 0.895. The minimum Gasteiger partial charge on any atom is -0.476 e. The molecule has 2 saturated heterocycles. The van der Waals surface area contributed by atoms with Gasteiger partial charge in [-0.25, -0.2) is 18.7 Å². The summed E-state index contributed by atoms with van der Waals surface area (Å²) in [5, 5.41) is 14.5. The molecular weight excluding hydrogens is 960 g/mol. The summed E-state index contributed by atoms with van der Waals surface area (Å²) in [7, 11) is 0. The summed E-state index contributed by atoms with van der Waals surface area (Å²) in [6, 6.07) is 10.2. The van der Waals surface area contributed by atoms with Gasteiger partial charge in [-0.1, -0.05) is 45.0 Å². The largest absolute Gasteiger partial charge is 0.476 e. The molecule has 70 heavy (non-hydrogen) atoms. The van der Waals surface area contributed by atoms with Gasteiger partial charge >= 0.3 is 6.18 Å². The predicted molar refractivity (Wildman–Crippen MR) is 254 cm³/mol. The number of carbonyl (C=O) groups excluding carboxylic acids is 4. The van der Waals surface area contributed by atoms with Crippen LogP contribution >= 0.6 is 23.6 Å². The summed E-state index contributed by atoms with van der Waals surface area (Å²) in [6.07, 6.45) is -2.01. The molecule has 374 valence electrons. The molecule has 0 spiro atoms. The molecule has 2 unspecified atom stereocenters. The number of thiocarbonyl (C=S) groups is 1. The lowest BCUT2D eigenvalue weighted by Gasteiger charge is -2.35. The zero-order valence-corrected chi connectivity index (χ0v) is 41.0. The predicted octanol–water partition coefficient (Wildman–Crippen LogP) is 7.63. The molecule has 22 heteroatoms. The van der Waals surface area contributed by atoms with Crippen LogP contribution in [0.5, 0.6) is 5.88 Å². The number of unbranched alkanes of at least 4 members (excludes halogenated alkanes) is 1. The third kappa shape index (κ3) is 12.1. The number of aryl methyl sites for hydroxylation is 1. The summed E-state index contributed by atoms with van der Waals surface area (Å²) in [5.74, 6) is -5.16. The van der Waals surface area contributed by atoms with E-state index >= 15 is 8.78 Å². The van der Waals surface area contributed by atoms with E-state index < -0.39 is 74.6 Å². The number of halogens is 5. The molecule has 4 aromatic rings. The fourth-order valence-corrected chi connectivity index (χ4v) is 9.36. The number of pyridine rings is 1. The van der Waals surface area contributed by atoms with Gasteiger partial charge in [0.15, 0.2) is 16.7 Å². The second-order valence-corrected chi connectivity index (χ2v) is 19.4. The van der Waals surface area contributed by atoms with E-state index in [0.29, 0.717) is 43.7 Å². The van der Waals surface area contributed by atoms with Gasteiger partial charge < -0.3 is 34.6 Å². The summed E-state index contributed by atoms with van der Waals surface area (Å²) >= 11 is 6.97. The fourth-order valence-electron chi connectivity index (χ4n) is 8.03. The highest BCUT2D eigenvalue weighted by Crippen LogP contribution is 2.42. The molecule has 2 N–H and O–H groups in total. The van der Waals surface area contributed by atoms with Crippen molar-refractivity contribution in [3.05, 3.63) is 88.2 Å². The van der Waals surface area contributed by atoms with Gasteiger partial charge in [0.05, 0.1) is 65.1 Å². The number of amides is 4. The van der Waals surface area contributed by atoms with E-state index in [1.54, 1.807) is 21.7 Å². The molecule has 4 heterocycles. The van der Waals surface area contributed by atoms with E-state index in [-0.39, 0.29) is 56.4 Å². The highest BCUT2D eigenvalue weighted by molar-refractivity contribution is 7.81. The van der Waals surface area contributed by atoms with Crippen molar-refractivity contribution in [2.75, 3.05) is 49.4 Å². The van der Waals surface area contributed by atoms with Crippen molar-refractivity contribution in [3.8, 4) is 22.4 Å². The van der Waals surface area contributed by atoms with Crippen LogP contribution in [0.4, 0.5) is 33.3 Å². The number of aromatic nitrogens is 2. The maximum absolute atomic E-state index is 15.4. The molecule has 0 radical (unpaired) electrons. The molecule has 2 atom stereocenters. The lowest BCUT2D eigenvalue weighted by atomic mass is 9.85. The first-order chi connectivity index (χ1) is 33.1. The Bertz CT molecular complexity index is 2630. The quantitative estimate of drug-likeness (QED) is 0.0534. The van der Waals surface area contributed by atoms with E-state index in [0.717, 1.165) is 51.0 Å². The topological polar surface area (TPSA) is 179 Å². The zero-order chi connectivity index (χ0) is 51.1. The Morgan fingerprint density at radius 1 is 1.01 bits per heavy atom. The fraction of sp³-hybridized carbons (Fsp3) is 0.458. The van der Waals surface area contributed by atoms with Crippen molar-refractivity contribution in [1.29, 1.82) is 5.26 Å². The van der Waals surface area contributed by atoms with Crippen molar-refractivity contribution in [1.82, 2.24) is 25.5 Å². The van der Waals surface area contributed by atoms with E-state index in [1.165, 1.54) is 19.9 Å². The molecule has 15 nitrogen and oxygen atoms in total. The monoisotopic (exact) mass is 1010 g/mol. The minimum absolute atomic E-state index is 0.0440. The summed E-state index contributed by atoms with van der Waals surface area (Å²) in [5.41, 5.74) is -1.25. The van der Waals surface area contributed by atoms with Gasteiger partial charge in [-0.05, 0) is 87.3 Å². The second-order valence-electron chi connectivity index (χ2n) is 18.2. The lowest BCUT2D eigenvalue weighted by molar-refractivity contribution is -0.144. The van der Waals surface area contributed by atoms with Crippen molar-refractivity contribution in [2.45, 2.75) is 97.6 Å². The van der Waals surface area contributed by atoms with Crippen LogP contribution in [0.15, 0.2) is 54.2 Å². The molecule has 0 bridgehead atoms. The van der Waals surface area contributed by atoms with Gasteiger partial charge in [0, 0.05) is 25.8 Å². The number of hydrogen-bond acceptors (Lipinski definition) is 12. The Labute approximate surface area is 411 Å². The summed E-state index contributed by atoms with van der Waals surface area (Å²) in [4.78, 5) is 66.4. The standard InChI is InChI=1S/C48H53F5N8O7S2/c1-28-39(70-27-57-28)30-13-11-29(12-14-30)24-55-41(63)35-10-9-17-59(35)43(64)40(46(2,3)4)58-36(62)26-67-21-20-66-18-7-8-19-68-42-33(49)22-32(25-56-42)61-45(69)60(44(65)47(61,5)6)34-16-15-31(23-54)37(38(34)50)48(51,52)53/h11-16,22,25,27,35,40H,7-10,17-21,24,26H2,1-6H3,(H,55,63)(H,58,62). The van der Waals surface area contributed by atoms with Crippen molar-refractivity contribution in [2.24, 2.45) is 5.41 Å². The second kappa shape index (κ2) is 22.3. The number of anilines is 2. The van der Waals surface area contributed by atoms with Gasteiger partial charge in [-0.15, -0.1) is 11.3 Å². The molecule has 0 saturated carbocycles. The van der Waals surface area contributed by atoms with Gasteiger partial charge in [0.1, 0.15) is 29.8 Å². The number of carbonyl (C=O) groups is 4. The van der Waals surface area contributed by atoms with Crippen molar-refractivity contribution < 1.29 is 55.3 Å². The number of rotatable bonds is 19. The smallest absolute Gasteiger partial charge is 0.420 e. The van der Waals surface area contributed by atoms with E-state index in [4.69, 9.17) is 31.7 Å². The van der Waals surface area contributed by atoms with E-state index in [1.807, 2.05) is 52.0 Å². The number of nitriles is 1. The molecule has 6 rings (SSSR count). The van der Waals surface area contributed by atoms with E-state index in [2.05, 4.69) is 20.6 Å². The van der Waals surface area contributed by atoms with Gasteiger partial charge in [0.2, 0.25) is 17.7 Å². The number of nitrogens with one attached hydrogen (secondary N) is 2. The van der Waals surface area contributed by atoms with Crippen LogP contribution in [-0.4, -0.2) is 101 Å². The first kappa shape index (κ1) is 53.2. The van der Waals surface area contributed by atoms with Crippen LogP contribution < -0.4 is 25.2 Å². The number of likely N-dealkylation sites (tertiary alicyclic amines) is 1. The molecule has 2 fully saturated rings. The normalized spacial score (nSPS) is 16.4. The number of ether oxygens (including phenoxy) is 3. The minimum atomic E-state index is -5.25. The van der Waals surface area contributed by atoms with Crippen LogP contribution in [0.3, 0.4) is 0 Å². The van der Waals surface area contributed by atoms with E-state index in [9.17, 15) is 32.3 Å². The Kier molecular flexibility index (Phi) is 16.9. The molecule has 2 aromatic carbocycles. The molecule has 4 amide bonds. The zero-order valence-electron chi connectivity index (χ0n) is 39.4. The highest BCUT2D eigenvalue weighted by atomic mass is 32.1. The highest BCUT2D eigenvalue weighted by Gasteiger charge is 2.52. The third-order valence-electron chi connectivity index (χ3n) is 11.7. The number of alkyl halides is 3. The average Bonchev–Trinajstić information content (AvgIpc) is 4.01. The first-order valence-electron chi connectivity index (χ1n) is 22.4. The Morgan fingerprint density at radius 2 is 1.71 bits per heavy atom. The van der Waals surface area contributed by atoms with Crippen LogP contribution in [0.1, 0.15) is 82.7 Å². The summed E-state index contributed by atoms with van der Waals surface area (Å²) < 4.78 is 88.4. The van der Waals surface area contributed by atoms with Crippen LogP contribution in [0.25, 0.3) is 10.4 Å². The van der Waals surface area contributed by atoms with Crippen molar-refractivity contribution >= 4 is 63.7 Å². The number of benzene rings is 2. The summed E-state index contributed by atoms with van der Waals surface area (Å²) in [6.45, 7) is 11.1. The van der Waals surface area contributed by atoms with Crippen molar-refractivity contribution in [3.63, 3.8) is 0 Å². The lowest BCUT2D eigenvalue weighted by Crippen LogP contribution is -2.58. The Morgan fingerprint density at radius 3 is 2.36 bits per heavy atom.